The molecule has 6 heteroatoms. The molecule has 3 rings (SSSR count). The van der Waals surface area contributed by atoms with E-state index in [9.17, 15) is 9.90 Å². The van der Waals surface area contributed by atoms with Crippen molar-refractivity contribution in [1.29, 1.82) is 0 Å². The summed E-state index contributed by atoms with van der Waals surface area (Å²) < 4.78 is 12.2. The van der Waals surface area contributed by atoms with E-state index < -0.39 is 12.1 Å². The SMILES string of the molecule is COC(=O)c1ccc(OC[C@@H](O)Cn2cnc3cc(C)c(C)cc32)cc1. The zero-order chi connectivity index (χ0) is 18.7. The number of aliphatic hydroxyl groups excluding tert-OH is 1. The number of aliphatic hydroxyl groups is 1. The predicted molar refractivity (Wildman–Crippen MR) is 98.5 cm³/mol. The summed E-state index contributed by atoms with van der Waals surface area (Å²) in [4.78, 5) is 15.8. The van der Waals surface area contributed by atoms with Crippen molar-refractivity contribution in [2.24, 2.45) is 0 Å². The topological polar surface area (TPSA) is 73.6 Å². The van der Waals surface area contributed by atoms with E-state index in [1.807, 2.05) is 10.6 Å². The summed E-state index contributed by atoms with van der Waals surface area (Å²) in [5.74, 6) is 0.188. The minimum atomic E-state index is -0.686. The van der Waals surface area contributed by atoms with Gasteiger partial charge in [0.1, 0.15) is 18.5 Å². The molecule has 1 atom stereocenters. The van der Waals surface area contributed by atoms with Crippen LogP contribution in [0.25, 0.3) is 11.0 Å². The van der Waals surface area contributed by atoms with Crippen LogP contribution < -0.4 is 4.74 Å². The number of esters is 1. The van der Waals surface area contributed by atoms with Crippen LogP contribution in [0.4, 0.5) is 0 Å². The third-order valence-electron chi connectivity index (χ3n) is 4.36. The summed E-state index contributed by atoms with van der Waals surface area (Å²) in [6.07, 6.45) is 1.05. The van der Waals surface area contributed by atoms with Crippen molar-refractivity contribution in [1.82, 2.24) is 9.55 Å². The first-order valence-electron chi connectivity index (χ1n) is 8.39. The third kappa shape index (κ3) is 3.86. The monoisotopic (exact) mass is 354 g/mol. The normalized spacial score (nSPS) is 12.2. The number of nitrogens with zero attached hydrogens (tertiary/aromatic N) is 2. The van der Waals surface area contributed by atoms with E-state index in [0.29, 0.717) is 17.9 Å². The number of hydrogen-bond acceptors (Lipinski definition) is 5. The van der Waals surface area contributed by atoms with Crippen LogP contribution in [-0.4, -0.2) is 40.4 Å². The first-order valence-corrected chi connectivity index (χ1v) is 8.39. The molecule has 0 aliphatic carbocycles. The van der Waals surface area contributed by atoms with Crippen molar-refractivity contribution in [2.45, 2.75) is 26.5 Å². The Morgan fingerprint density at radius 3 is 2.58 bits per heavy atom. The van der Waals surface area contributed by atoms with Gasteiger partial charge < -0.3 is 19.1 Å². The average molecular weight is 354 g/mol. The van der Waals surface area contributed by atoms with Crippen LogP contribution in [0.1, 0.15) is 21.5 Å². The number of carbonyl (C=O) groups excluding carboxylic acids is 1. The number of ether oxygens (including phenoxy) is 2. The molecule has 0 fully saturated rings. The van der Waals surface area contributed by atoms with E-state index >= 15 is 0 Å². The van der Waals surface area contributed by atoms with Gasteiger partial charge in [-0.1, -0.05) is 0 Å². The highest BCUT2D eigenvalue weighted by Crippen LogP contribution is 2.19. The molecule has 0 aliphatic heterocycles. The van der Waals surface area contributed by atoms with Gasteiger partial charge in [0.15, 0.2) is 0 Å². The maximum absolute atomic E-state index is 11.4. The Bertz CT molecular complexity index is 915. The Labute approximate surface area is 152 Å². The second-order valence-electron chi connectivity index (χ2n) is 6.30. The molecule has 0 amide bonds. The van der Waals surface area contributed by atoms with Crippen LogP contribution in [0.3, 0.4) is 0 Å². The summed E-state index contributed by atoms with van der Waals surface area (Å²) in [5, 5.41) is 10.3. The van der Waals surface area contributed by atoms with Crippen molar-refractivity contribution in [3.63, 3.8) is 0 Å². The highest BCUT2D eigenvalue weighted by atomic mass is 16.5. The van der Waals surface area contributed by atoms with Gasteiger partial charge in [0.05, 0.1) is 36.6 Å². The van der Waals surface area contributed by atoms with Gasteiger partial charge in [-0.15, -0.1) is 0 Å². The lowest BCUT2D eigenvalue weighted by molar-refractivity contribution is 0.0600. The van der Waals surface area contributed by atoms with Gasteiger partial charge in [-0.3, -0.25) is 0 Å². The van der Waals surface area contributed by atoms with Crippen LogP contribution in [0.2, 0.25) is 0 Å². The molecule has 0 saturated carbocycles. The van der Waals surface area contributed by atoms with Crippen molar-refractivity contribution in [3.8, 4) is 5.75 Å². The number of aryl methyl sites for hydroxylation is 2. The Morgan fingerprint density at radius 1 is 1.19 bits per heavy atom. The molecule has 3 aromatic rings. The standard InChI is InChI=1S/C20H22N2O4/c1-13-8-18-19(9-14(13)2)22(12-21-18)10-16(23)11-26-17-6-4-15(5-7-17)20(24)25-3/h4-9,12,16,23H,10-11H2,1-3H3/t16-/m0/s1. The number of methoxy groups -OCH3 is 1. The molecule has 0 bridgehead atoms. The van der Waals surface area contributed by atoms with Crippen molar-refractivity contribution in [3.05, 3.63) is 59.4 Å². The van der Waals surface area contributed by atoms with Crippen molar-refractivity contribution in [2.75, 3.05) is 13.7 Å². The molecular formula is C20H22N2O4. The fourth-order valence-corrected chi connectivity index (χ4v) is 2.74. The second-order valence-corrected chi connectivity index (χ2v) is 6.30. The van der Waals surface area contributed by atoms with Gasteiger partial charge in [0, 0.05) is 0 Å². The minimum Gasteiger partial charge on any atom is -0.491 e. The van der Waals surface area contributed by atoms with Gasteiger partial charge in [-0.05, 0) is 61.4 Å². The van der Waals surface area contributed by atoms with Crippen molar-refractivity contribution >= 4 is 17.0 Å². The lowest BCUT2D eigenvalue weighted by Crippen LogP contribution is -2.23. The highest BCUT2D eigenvalue weighted by molar-refractivity contribution is 5.89. The van der Waals surface area contributed by atoms with Crippen LogP contribution >= 0.6 is 0 Å². The van der Waals surface area contributed by atoms with Crippen LogP contribution in [0.15, 0.2) is 42.7 Å². The molecule has 26 heavy (non-hydrogen) atoms. The van der Waals surface area contributed by atoms with E-state index in [-0.39, 0.29) is 6.61 Å². The summed E-state index contributed by atoms with van der Waals surface area (Å²) >= 11 is 0. The van der Waals surface area contributed by atoms with E-state index in [0.717, 1.165) is 11.0 Å². The number of aromatic nitrogens is 2. The Kier molecular flexibility index (Phi) is 5.23. The molecule has 0 aliphatic rings. The number of carbonyl (C=O) groups is 1. The van der Waals surface area contributed by atoms with Crippen LogP contribution in [-0.2, 0) is 11.3 Å². The molecule has 2 aromatic carbocycles. The number of rotatable bonds is 6. The van der Waals surface area contributed by atoms with Gasteiger partial charge in [0.25, 0.3) is 0 Å². The summed E-state index contributed by atoms with van der Waals surface area (Å²) in [6, 6.07) is 10.7. The number of hydrogen-bond donors (Lipinski definition) is 1. The fourth-order valence-electron chi connectivity index (χ4n) is 2.74. The molecule has 0 radical (unpaired) electrons. The number of benzene rings is 2. The van der Waals surface area contributed by atoms with Crippen LogP contribution in [0.5, 0.6) is 5.75 Å². The van der Waals surface area contributed by atoms with Gasteiger partial charge in [0.2, 0.25) is 0 Å². The Balaban J connectivity index is 1.61. The molecule has 1 heterocycles. The first kappa shape index (κ1) is 17.9. The lowest BCUT2D eigenvalue weighted by atomic mass is 10.1. The largest absolute Gasteiger partial charge is 0.491 e. The van der Waals surface area contributed by atoms with Gasteiger partial charge in [-0.2, -0.15) is 0 Å². The smallest absolute Gasteiger partial charge is 0.337 e. The van der Waals surface area contributed by atoms with Crippen molar-refractivity contribution < 1.29 is 19.4 Å². The van der Waals surface area contributed by atoms with E-state index in [1.165, 1.54) is 18.2 Å². The average Bonchev–Trinajstić information content (AvgIpc) is 3.01. The molecule has 1 N–H and O–H groups in total. The molecule has 0 spiro atoms. The molecule has 6 nitrogen and oxygen atoms in total. The summed E-state index contributed by atoms with van der Waals surface area (Å²) in [5.41, 5.74) is 4.75. The van der Waals surface area contributed by atoms with Gasteiger partial charge >= 0.3 is 5.97 Å². The zero-order valence-corrected chi connectivity index (χ0v) is 15.1. The molecule has 1 aromatic heterocycles. The summed E-state index contributed by atoms with van der Waals surface area (Å²) in [7, 11) is 1.34. The maximum Gasteiger partial charge on any atom is 0.337 e. The number of imidazole rings is 1. The predicted octanol–water partition coefficient (Wildman–Crippen LogP) is 2.88. The highest BCUT2D eigenvalue weighted by Gasteiger charge is 2.11. The minimum absolute atomic E-state index is 0.141. The Hall–Kier alpha value is -2.86. The zero-order valence-electron chi connectivity index (χ0n) is 15.1. The fraction of sp³-hybridized carbons (Fsp3) is 0.300. The first-order chi connectivity index (χ1) is 12.5. The third-order valence-corrected chi connectivity index (χ3v) is 4.36. The quantitative estimate of drug-likeness (QED) is 0.689. The maximum atomic E-state index is 11.4. The number of fused-ring (bicyclic) bond motifs is 1. The van der Waals surface area contributed by atoms with E-state index in [4.69, 9.17) is 4.74 Å². The van der Waals surface area contributed by atoms with E-state index in [1.54, 1.807) is 30.6 Å². The molecule has 0 saturated heterocycles. The van der Waals surface area contributed by atoms with Gasteiger partial charge in [-0.25, -0.2) is 9.78 Å². The summed E-state index contributed by atoms with van der Waals surface area (Å²) in [6.45, 7) is 4.65. The molecule has 0 unspecified atom stereocenters. The Morgan fingerprint density at radius 2 is 1.88 bits per heavy atom. The van der Waals surface area contributed by atoms with E-state index in [2.05, 4.69) is 29.6 Å². The lowest BCUT2D eigenvalue weighted by Gasteiger charge is -2.14. The second kappa shape index (κ2) is 7.58. The molecular weight excluding hydrogens is 332 g/mol. The van der Waals surface area contributed by atoms with Crippen LogP contribution in [0, 0.1) is 13.8 Å². The molecule has 136 valence electrons.